The topological polar surface area (TPSA) is 27.7 Å². The Morgan fingerprint density at radius 2 is 1.92 bits per heavy atom. The highest BCUT2D eigenvalue weighted by Gasteiger charge is 2.36. The van der Waals surface area contributed by atoms with Crippen molar-refractivity contribution < 1.29 is 14.2 Å². The molecule has 0 fully saturated rings. The third kappa shape index (κ3) is 1.35. The first kappa shape index (κ1) is 8.38. The average molecular weight is 180 g/mol. The number of fused-ring (bicyclic) bond motifs is 1. The van der Waals surface area contributed by atoms with Crippen molar-refractivity contribution in [3.63, 3.8) is 0 Å². The molecule has 1 atom stereocenters. The van der Waals surface area contributed by atoms with Crippen molar-refractivity contribution in [1.29, 1.82) is 0 Å². The molecule has 1 aliphatic rings. The molecule has 1 aliphatic heterocycles. The van der Waals surface area contributed by atoms with E-state index < -0.39 is 5.97 Å². The van der Waals surface area contributed by atoms with Crippen LogP contribution in [0.5, 0.6) is 11.5 Å². The van der Waals surface area contributed by atoms with Crippen molar-refractivity contribution in [2.24, 2.45) is 0 Å². The van der Waals surface area contributed by atoms with E-state index in [0.29, 0.717) is 0 Å². The van der Waals surface area contributed by atoms with Gasteiger partial charge in [0, 0.05) is 14.0 Å². The number of ether oxygens (including phenoxy) is 3. The van der Waals surface area contributed by atoms with E-state index >= 15 is 0 Å². The third-order valence-corrected chi connectivity index (χ3v) is 2.06. The van der Waals surface area contributed by atoms with Crippen LogP contribution in [0.1, 0.15) is 12.5 Å². The fourth-order valence-corrected chi connectivity index (χ4v) is 1.28. The largest absolute Gasteiger partial charge is 0.426 e. The molecule has 3 nitrogen and oxygen atoms in total. The lowest BCUT2D eigenvalue weighted by molar-refractivity contribution is -0.254. The Bertz CT molecular complexity index is 335. The molecule has 0 spiro atoms. The predicted octanol–water partition coefficient (Wildman–Crippen LogP) is 2.09. The first-order chi connectivity index (χ1) is 6.13. The summed E-state index contributed by atoms with van der Waals surface area (Å²) >= 11 is 0. The zero-order chi connectivity index (χ0) is 9.47. The van der Waals surface area contributed by atoms with Crippen LogP contribution in [-0.4, -0.2) is 13.1 Å². The van der Waals surface area contributed by atoms with Crippen LogP contribution in [0.3, 0.4) is 0 Å². The van der Waals surface area contributed by atoms with Gasteiger partial charge in [0.1, 0.15) is 0 Å². The van der Waals surface area contributed by atoms with Gasteiger partial charge in [0.05, 0.1) is 0 Å². The molecule has 0 radical (unpaired) electrons. The van der Waals surface area contributed by atoms with Crippen LogP contribution in [0.2, 0.25) is 0 Å². The maximum atomic E-state index is 5.48. The van der Waals surface area contributed by atoms with E-state index in [0.717, 1.165) is 17.1 Å². The number of aryl methyl sites for hydroxylation is 1. The van der Waals surface area contributed by atoms with Crippen molar-refractivity contribution in [1.82, 2.24) is 0 Å². The van der Waals surface area contributed by atoms with Gasteiger partial charge < -0.3 is 14.2 Å². The molecule has 1 heterocycles. The normalized spacial score (nSPS) is 24.8. The SMILES string of the molecule is COC1(C)Oc2ccc(C)cc2O1. The van der Waals surface area contributed by atoms with Gasteiger partial charge >= 0.3 is 5.97 Å². The van der Waals surface area contributed by atoms with Gasteiger partial charge in [-0.25, -0.2) is 0 Å². The van der Waals surface area contributed by atoms with Gasteiger partial charge in [-0.3, -0.25) is 0 Å². The minimum Gasteiger partial charge on any atom is -0.426 e. The molecule has 1 aromatic rings. The summed E-state index contributed by atoms with van der Waals surface area (Å²) in [5, 5.41) is 0. The van der Waals surface area contributed by atoms with E-state index in [9.17, 15) is 0 Å². The first-order valence-electron chi connectivity index (χ1n) is 4.17. The molecular formula is C10H12O3. The zero-order valence-electron chi connectivity index (χ0n) is 7.96. The van der Waals surface area contributed by atoms with Gasteiger partial charge in [-0.1, -0.05) is 6.07 Å². The fourth-order valence-electron chi connectivity index (χ4n) is 1.28. The van der Waals surface area contributed by atoms with Crippen LogP contribution in [0.25, 0.3) is 0 Å². The van der Waals surface area contributed by atoms with Gasteiger partial charge in [-0.05, 0) is 24.6 Å². The van der Waals surface area contributed by atoms with Crippen molar-refractivity contribution >= 4 is 0 Å². The molecule has 1 aromatic carbocycles. The standard InChI is InChI=1S/C10H12O3/c1-7-4-5-8-9(6-7)13-10(2,11-3)12-8/h4-6H,1-3H3. The summed E-state index contributed by atoms with van der Waals surface area (Å²) in [5.74, 6) is 0.509. The Kier molecular flexibility index (Phi) is 1.70. The van der Waals surface area contributed by atoms with Gasteiger partial charge in [0.2, 0.25) is 0 Å². The quantitative estimate of drug-likeness (QED) is 0.662. The molecule has 1 unspecified atom stereocenters. The van der Waals surface area contributed by atoms with Crippen molar-refractivity contribution in [2.75, 3.05) is 7.11 Å². The smallest absolute Gasteiger partial charge is 0.368 e. The van der Waals surface area contributed by atoms with E-state index in [4.69, 9.17) is 14.2 Å². The lowest BCUT2D eigenvalue weighted by Crippen LogP contribution is -2.36. The summed E-state index contributed by atoms with van der Waals surface area (Å²) in [6.07, 6.45) is 0. The Balaban J connectivity index is 2.35. The minimum atomic E-state index is -0.962. The van der Waals surface area contributed by atoms with E-state index in [1.54, 1.807) is 14.0 Å². The molecular weight excluding hydrogens is 168 g/mol. The van der Waals surface area contributed by atoms with E-state index in [1.807, 2.05) is 25.1 Å². The zero-order valence-corrected chi connectivity index (χ0v) is 7.96. The summed E-state index contributed by atoms with van der Waals surface area (Å²) in [5.41, 5.74) is 1.14. The van der Waals surface area contributed by atoms with Gasteiger partial charge in [-0.2, -0.15) is 0 Å². The molecule has 0 aromatic heterocycles. The summed E-state index contributed by atoms with van der Waals surface area (Å²) in [7, 11) is 1.55. The van der Waals surface area contributed by atoms with Crippen LogP contribution in [0.15, 0.2) is 18.2 Å². The maximum absolute atomic E-state index is 5.48. The lowest BCUT2D eigenvalue weighted by Gasteiger charge is -2.19. The van der Waals surface area contributed by atoms with E-state index in [2.05, 4.69) is 0 Å². The Hall–Kier alpha value is -1.22. The highest BCUT2D eigenvalue weighted by atomic mass is 16.9. The molecule has 0 bridgehead atoms. The highest BCUT2D eigenvalue weighted by molar-refractivity contribution is 5.45. The van der Waals surface area contributed by atoms with Crippen molar-refractivity contribution in [2.45, 2.75) is 19.8 Å². The van der Waals surface area contributed by atoms with Crippen LogP contribution >= 0.6 is 0 Å². The number of benzene rings is 1. The Morgan fingerprint density at radius 1 is 1.23 bits per heavy atom. The van der Waals surface area contributed by atoms with Crippen LogP contribution < -0.4 is 9.47 Å². The molecule has 70 valence electrons. The van der Waals surface area contributed by atoms with Crippen LogP contribution in [0, 0.1) is 6.92 Å². The maximum Gasteiger partial charge on any atom is 0.368 e. The third-order valence-electron chi connectivity index (χ3n) is 2.06. The molecule has 0 aliphatic carbocycles. The molecule has 0 amide bonds. The second kappa shape index (κ2) is 2.64. The first-order valence-corrected chi connectivity index (χ1v) is 4.17. The lowest BCUT2D eigenvalue weighted by atomic mass is 10.2. The van der Waals surface area contributed by atoms with Gasteiger partial charge in [0.15, 0.2) is 11.5 Å². The molecule has 0 saturated carbocycles. The number of hydrogen-bond donors (Lipinski definition) is 0. The molecule has 3 heteroatoms. The van der Waals surface area contributed by atoms with E-state index in [1.165, 1.54) is 0 Å². The van der Waals surface area contributed by atoms with Crippen LogP contribution in [-0.2, 0) is 4.74 Å². The monoisotopic (exact) mass is 180 g/mol. The number of methoxy groups -OCH3 is 1. The van der Waals surface area contributed by atoms with Gasteiger partial charge in [-0.15, -0.1) is 0 Å². The van der Waals surface area contributed by atoms with Crippen molar-refractivity contribution in [3.05, 3.63) is 23.8 Å². The summed E-state index contributed by atoms with van der Waals surface area (Å²) in [4.78, 5) is 0. The Labute approximate surface area is 77.2 Å². The highest BCUT2D eigenvalue weighted by Crippen LogP contribution is 2.39. The number of rotatable bonds is 1. The molecule has 2 rings (SSSR count). The molecule has 0 N–H and O–H groups in total. The fraction of sp³-hybridized carbons (Fsp3) is 0.400. The number of hydrogen-bond acceptors (Lipinski definition) is 3. The van der Waals surface area contributed by atoms with E-state index in [-0.39, 0.29) is 0 Å². The average Bonchev–Trinajstić information content (AvgIpc) is 2.42. The summed E-state index contributed by atoms with van der Waals surface area (Å²) in [6.45, 7) is 3.74. The minimum absolute atomic E-state index is 0.731. The summed E-state index contributed by atoms with van der Waals surface area (Å²) in [6, 6.07) is 5.79. The van der Waals surface area contributed by atoms with Crippen molar-refractivity contribution in [3.8, 4) is 11.5 Å². The predicted molar refractivity (Wildman–Crippen MR) is 47.8 cm³/mol. The second-order valence-electron chi connectivity index (χ2n) is 3.22. The molecule has 0 saturated heterocycles. The summed E-state index contributed by atoms with van der Waals surface area (Å²) < 4.78 is 16.0. The van der Waals surface area contributed by atoms with Gasteiger partial charge in [0.25, 0.3) is 0 Å². The Morgan fingerprint density at radius 3 is 2.62 bits per heavy atom. The second-order valence-corrected chi connectivity index (χ2v) is 3.22. The molecule has 13 heavy (non-hydrogen) atoms. The van der Waals surface area contributed by atoms with Crippen LogP contribution in [0.4, 0.5) is 0 Å².